The zero-order chi connectivity index (χ0) is 37.0. The molecule has 9 atom stereocenters. The lowest BCUT2D eigenvalue weighted by Crippen LogP contribution is -2.61. The lowest BCUT2D eigenvalue weighted by Gasteiger charge is -2.60. The molecule has 2 heterocycles. The SMILES string of the molecule is C.C.C.C.C.C.CCC(CC(CC(C)C(=O)OC1CCCCO1)C(=O)OC12CC3CC(CC(O)(C3)C1)C2)C(=O)OC12CC3CC(C1)CC(C(=O)OC1CCCCO1)(C3)C2. The van der Waals surface area contributed by atoms with Crippen LogP contribution in [0.2, 0.25) is 0 Å². The molecule has 344 valence electrons. The molecular formula is C48H86O11. The standard InChI is InChI=1S/C42H62O11.6CH4/c1-3-31(36(44)52-41-20-27-13-28(21-41)17-39(16-27,24-41)38(46)51-34-9-5-7-11-49-34)15-32(12-26(2)35(43)50-33-8-4-6-10-48-33)37(45)53-42-22-29-14-30(23-42)19-40(47,18-29)25-42;;;;;;/h26-34,47H,3-25H2,1-2H3;6*1H4. The van der Waals surface area contributed by atoms with E-state index in [1.165, 1.54) is 0 Å². The molecule has 2 aliphatic heterocycles. The first-order chi connectivity index (χ1) is 25.4. The van der Waals surface area contributed by atoms with Crippen molar-refractivity contribution in [3.05, 3.63) is 0 Å². The first-order valence-corrected chi connectivity index (χ1v) is 21.2. The maximum Gasteiger partial charge on any atom is 0.314 e. The second-order valence-electron chi connectivity index (χ2n) is 19.2. The van der Waals surface area contributed by atoms with Gasteiger partial charge in [-0.05, 0) is 133 Å². The highest BCUT2D eigenvalue weighted by molar-refractivity contribution is 5.80. The maximum atomic E-state index is 14.4. The number of carbonyl (C=O) groups excluding carboxylic acids is 4. The van der Waals surface area contributed by atoms with Crippen LogP contribution in [0.4, 0.5) is 0 Å². The molecule has 0 spiro atoms. The molecule has 0 amide bonds. The van der Waals surface area contributed by atoms with Crippen LogP contribution in [0.1, 0.15) is 193 Å². The first-order valence-electron chi connectivity index (χ1n) is 21.2. The third kappa shape index (κ3) is 11.2. The van der Waals surface area contributed by atoms with Crippen molar-refractivity contribution in [2.24, 2.45) is 46.8 Å². The van der Waals surface area contributed by atoms with Crippen molar-refractivity contribution >= 4 is 23.9 Å². The molecule has 11 heteroatoms. The highest BCUT2D eigenvalue weighted by atomic mass is 16.7. The van der Waals surface area contributed by atoms with E-state index in [1.54, 1.807) is 6.92 Å². The van der Waals surface area contributed by atoms with Crippen molar-refractivity contribution in [2.45, 2.75) is 223 Å². The fourth-order valence-corrected chi connectivity index (χ4v) is 13.1. The molecule has 0 aromatic heterocycles. The third-order valence-corrected chi connectivity index (χ3v) is 14.6. The van der Waals surface area contributed by atoms with Crippen molar-refractivity contribution in [3.8, 4) is 0 Å². The molecule has 10 aliphatic rings. The van der Waals surface area contributed by atoms with Crippen LogP contribution in [-0.2, 0) is 47.6 Å². The van der Waals surface area contributed by atoms with E-state index in [-0.39, 0.29) is 69.3 Å². The molecule has 11 nitrogen and oxygen atoms in total. The lowest BCUT2D eigenvalue weighted by molar-refractivity contribution is -0.231. The van der Waals surface area contributed by atoms with Crippen LogP contribution in [0.3, 0.4) is 0 Å². The first kappa shape index (κ1) is 52.9. The summed E-state index contributed by atoms with van der Waals surface area (Å²) in [6.07, 6.45) is 14.0. The summed E-state index contributed by atoms with van der Waals surface area (Å²) in [5.74, 6) is -2.06. The topological polar surface area (TPSA) is 144 Å². The summed E-state index contributed by atoms with van der Waals surface area (Å²) < 4.78 is 36.1. The van der Waals surface area contributed by atoms with Gasteiger partial charge in [-0.1, -0.05) is 58.4 Å². The van der Waals surface area contributed by atoms with E-state index in [1.807, 2.05) is 6.92 Å². The third-order valence-electron chi connectivity index (χ3n) is 14.6. The second kappa shape index (κ2) is 20.8. The van der Waals surface area contributed by atoms with E-state index in [9.17, 15) is 24.3 Å². The molecule has 10 fully saturated rings. The van der Waals surface area contributed by atoms with Gasteiger partial charge in [-0.25, -0.2) is 0 Å². The van der Waals surface area contributed by atoms with Crippen LogP contribution in [0.15, 0.2) is 0 Å². The van der Waals surface area contributed by atoms with Crippen molar-refractivity contribution in [1.29, 1.82) is 0 Å². The maximum absolute atomic E-state index is 14.4. The van der Waals surface area contributed by atoms with Crippen LogP contribution < -0.4 is 0 Å². The highest BCUT2D eigenvalue weighted by Crippen LogP contribution is 2.64. The Bertz CT molecular complexity index is 1370. The van der Waals surface area contributed by atoms with Gasteiger partial charge in [-0.15, -0.1) is 0 Å². The molecule has 10 rings (SSSR count). The number of esters is 4. The Kier molecular flexibility index (Phi) is 18.6. The Morgan fingerprint density at radius 3 is 1.56 bits per heavy atom. The van der Waals surface area contributed by atoms with Crippen LogP contribution in [-0.4, -0.2) is 71.6 Å². The summed E-state index contributed by atoms with van der Waals surface area (Å²) in [6.45, 7) is 4.86. The predicted octanol–water partition coefficient (Wildman–Crippen LogP) is 10.5. The van der Waals surface area contributed by atoms with Crippen molar-refractivity contribution in [3.63, 3.8) is 0 Å². The average molecular weight is 839 g/mol. The Morgan fingerprint density at radius 2 is 1.08 bits per heavy atom. The Morgan fingerprint density at radius 1 is 0.610 bits per heavy atom. The molecule has 59 heavy (non-hydrogen) atoms. The molecule has 8 bridgehead atoms. The number of aliphatic hydroxyl groups is 1. The molecule has 1 N–H and O–H groups in total. The van der Waals surface area contributed by atoms with Crippen molar-refractivity contribution < 1.29 is 52.7 Å². The Labute approximate surface area is 358 Å². The minimum atomic E-state index is -0.794. The van der Waals surface area contributed by atoms with Gasteiger partial charge in [0, 0.05) is 25.7 Å². The van der Waals surface area contributed by atoms with E-state index < -0.39 is 64.5 Å². The molecule has 9 unspecified atom stereocenters. The lowest BCUT2D eigenvalue weighted by atomic mass is 9.48. The quantitative estimate of drug-likeness (QED) is 0.140. The second-order valence-corrected chi connectivity index (χ2v) is 19.2. The minimum absolute atomic E-state index is 0. The molecule has 0 aromatic rings. The van der Waals surface area contributed by atoms with E-state index in [0.29, 0.717) is 69.0 Å². The summed E-state index contributed by atoms with van der Waals surface area (Å²) >= 11 is 0. The van der Waals surface area contributed by atoms with Gasteiger partial charge in [0.1, 0.15) is 11.2 Å². The van der Waals surface area contributed by atoms with Crippen molar-refractivity contribution in [1.82, 2.24) is 0 Å². The minimum Gasteiger partial charge on any atom is -0.459 e. The molecule has 2 saturated heterocycles. The van der Waals surface area contributed by atoms with Crippen LogP contribution in [0, 0.1) is 46.8 Å². The van der Waals surface area contributed by atoms with Gasteiger partial charge in [-0.3, -0.25) is 19.2 Å². The molecule has 0 radical (unpaired) electrons. The van der Waals surface area contributed by atoms with E-state index in [2.05, 4.69) is 0 Å². The van der Waals surface area contributed by atoms with Crippen molar-refractivity contribution in [2.75, 3.05) is 13.2 Å². The largest absolute Gasteiger partial charge is 0.459 e. The zero-order valence-corrected chi connectivity index (χ0v) is 32.0. The molecule has 8 saturated carbocycles. The number of hydrogen-bond donors (Lipinski definition) is 1. The summed E-state index contributed by atoms with van der Waals surface area (Å²) in [6, 6.07) is 0. The van der Waals surface area contributed by atoms with Crippen LogP contribution in [0.25, 0.3) is 0 Å². The summed E-state index contributed by atoms with van der Waals surface area (Å²) in [7, 11) is 0. The highest BCUT2D eigenvalue weighted by Gasteiger charge is 2.64. The number of rotatable bonds is 13. The van der Waals surface area contributed by atoms with Gasteiger partial charge in [0.25, 0.3) is 0 Å². The van der Waals surface area contributed by atoms with Gasteiger partial charge in [0.2, 0.25) is 12.6 Å². The van der Waals surface area contributed by atoms with Gasteiger partial charge < -0.3 is 33.5 Å². The summed E-state index contributed by atoms with van der Waals surface area (Å²) in [5, 5.41) is 11.4. The monoisotopic (exact) mass is 839 g/mol. The Balaban J connectivity index is 0.00000200. The number of carbonyl (C=O) groups is 4. The van der Waals surface area contributed by atoms with Crippen LogP contribution >= 0.6 is 0 Å². The van der Waals surface area contributed by atoms with Crippen LogP contribution in [0.5, 0.6) is 0 Å². The number of ether oxygens (including phenoxy) is 6. The predicted molar refractivity (Wildman–Crippen MR) is 230 cm³/mol. The average Bonchev–Trinajstić information content (AvgIpc) is 3.08. The Hall–Kier alpha value is -2.24. The fraction of sp³-hybridized carbons (Fsp3) is 0.917. The van der Waals surface area contributed by atoms with Gasteiger partial charge in [0.15, 0.2) is 0 Å². The fourth-order valence-electron chi connectivity index (χ4n) is 13.1. The van der Waals surface area contributed by atoms with E-state index in [4.69, 9.17) is 28.4 Å². The van der Waals surface area contributed by atoms with Gasteiger partial charge in [-0.2, -0.15) is 0 Å². The smallest absolute Gasteiger partial charge is 0.314 e. The van der Waals surface area contributed by atoms with E-state index in [0.717, 1.165) is 89.9 Å². The molecular weight excluding hydrogens is 753 g/mol. The van der Waals surface area contributed by atoms with E-state index >= 15 is 0 Å². The van der Waals surface area contributed by atoms with Gasteiger partial charge in [0.05, 0.1) is 42.0 Å². The number of hydrogen-bond acceptors (Lipinski definition) is 11. The zero-order valence-electron chi connectivity index (χ0n) is 32.0. The van der Waals surface area contributed by atoms with Gasteiger partial charge >= 0.3 is 23.9 Å². The normalized spacial score (nSPS) is 38.4. The molecule has 8 aliphatic carbocycles. The summed E-state index contributed by atoms with van der Waals surface area (Å²) in [5.41, 5.74) is -2.90. The summed E-state index contributed by atoms with van der Waals surface area (Å²) in [4.78, 5) is 55.8. The molecule has 0 aromatic carbocycles.